The van der Waals surface area contributed by atoms with Crippen molar-refractivity contribution in [3.8, 4) is 6.07 Å². The van der Waals surface area contributed by atoms with Crippen LogP contribution >= 0.6 is 23.2 Å². The number of nitriles is 1. The number of carbonyl (C=O) groups is 1. The maximum absolute atomic E-state index is 12.0. The number of nitrogens with zero attached hydrogens (tertiary/aromatic N) is 2. The summed E-state index contributed by atoms with van der Waals surface area (Å²) in [4.78, 5) is 13.4. The topological polar surface area (TPSA) is 56.1 Å². The Hall–Kier alpha value is -2.22. The maximum atomic E-state index is 12.0. The zero-order chi connectivity index (χ0) is 19.8. The molecule has 0 radical (unpaired) electrons. The van der Waals surface area contributed by atoms with E-state index in [4.69, 9.17) is 23.2 Å². The van der Waals surface area contributed by atoms with Gasteiger partial charge in [-0.1, -0.05) is 54.4 Å². The quantitative estimate of drug-likeness (QED) is 0.728. The van der Waals surface area contributed by atoms with E-state index in [2.05, 4.69) is 53.5 Å². The molecule has 0 aromatic heterocycles. The number of rotatable bonds is 2. The summed E-state index contributed by atoms with van der Waals surface area (Å²) >= 11 is 11.4. The molecule has 4 nitrogen and oxygen atoms in total. The van der Waals surface area contributed by atoms with E-state index in [1.165, 1.54) is 22.4 Å². The Morgan fingerprint density at radius 1 is 1.21 bits per heavy atom. The summed E-state index contributed by atoms with van der Waals surface area (Å²) in [5.41, 5.74) is 5.57. The number of alkyl halides is 2. The first-order chi connectivity index (χ1) is 13.5. The van der Waals surface area contributed by atoms with E-state index in [9.17, 15) is 10.1 Å². The third-order valence-electron chi connectivity index (χ3n) is 5.90. The molecule has 0 bridgehead atoms. The Balaban J connectivity index is 1.77. The van der Waals surface area contributed by atoms with E-state index in [0.29, 0.717) is 5.56 Å². The first kappa shape index (κ1) is 19.1. The zero-order valence-corrected chi connectivity index (χ0v) is 17.0. The number of hydrogen-bond donors (Lipinski definition) is 1. The molecule has 2 aromatic rings. The second kappa shape index (κ2) is 7.66. The van der Waals surface area contributed by atoms with Gasteiger partial charge in [0.15, 0.2) is 4.84 Å². The number of benzene rings is 2. The van der Waals surface area contributed by atoms with Crippen LogP contribution in [0.1, 0.15) is 54.0 Å². The monoisotopic (exact) mass is 413 g/mol. The first-order valence-electron chi connectivity index (χ1n) is 9.47. The molecule has 28 heavy (non-hydrogen) atoms. The molecular weight excluding hydrogens is 393 g/mol. The van der Waals surface area contributed by atoms with Crippen molar-refractivity contribution in [1.29, 1.82) is 5.26 Å². The SMILES string of the molecule is C[C@@H]1c2ccccc2[C@H]2C[C@H](NC(=O)C(Cl)Cl)CCN2c2ccc(C#N)cc21. The van der Waals surface area contributed by atoms with Crippen LogP contribution in [0, 0.1) is 11.3 Å². The van der Waals surface area contributed by atoms with Gasteiger partial charge in [0.1, 0.15) is 0 Å². The predicted molar refractivity (Wildman–Crippen MR) is 112 cm³/mol. The predicted octanol–water partition coefficient (Wildman–Crippen LogP) is 4.65. The molecule has 6 heteroatoms. The van der Waals surface area contributed by atoms with Crippen LogP contribution in [0.5, 0.6) is 0 Å². The van der Waals surface area contributed by atoms with Gasteiger partial charge in [0.05, 0.1) is 17.7 Å². The number of halogens is 2. The number of carbonyl (C=O) groups excluding carboxylic acids is 1. The Kier molecular flexibility index (Phi) is 5.23. The maximum Gasteiger partial charge on any atom is 0.253 e. The van der Waals surface area contributed by atoms with Gasteiger partial charge in [-0.3, -0.25) is 4.79 Å². The van der Waals surface area contributed by atoms with E-state index in [1.54, 1.807) is 0 Å². The van der Waals surface area contributed by atoms with Crippen molar-refractivity contribution in [2.24, 2.45) is 0 Å². The molecule has 1 N–H and O–H groups in total. The van der Waals surface area contributed by atoms with Crippen LogP contribution in [-0.2, 0) is 4.79 Å². The minimum Gasteiger partial charge on any atom is -0.364 e. The van der Waals surface area contributed by atoms with Crippen molar-refractivity contribution in [3.05, 3.63) is 64.7 Å². The van der Waals surface area contributed by atoms with Crippen molar-refractivity contribution in [2.75, 3.05) is 11.4 Å². The molecule has 0 saturated carbocycles. The Bertz CT molecular complexity index is 953. The largest absolute Gasteiger partial charge is 0.364 e. The standard InChI is InChI=1S/C22H21Cl2N3O/c1-13-16-4-2-3-5-17(16)20-11-15(26-22(28)21(23)24)8-9-27(20)19-7-6-14(12-25)10-18(13)19/h2-7,10,13,15,20-21H,8-9,11H2,1H3,(H,26,28)/t13-,15-,20-/m1/s1. The van der Waals surface area contributed by atoms with Crippen LogP contribution in [-0.4, -0.2) is 23.3 Å². The molecular formula is C22H21Cl2N3O. The van der Waals surface area contributed by atoms with Crippen molar-refractivity contribution < 1.29 is 4.79 Å². The Labute approximate surface area is 175 Å². The summed E-state index contributed by atoms with van der Waals surface area (Å²) in [6.45, 7) is 3.01. The van der Waals surface area contributed by atoms with Crippen LogP contribution in [0.25, 0.3) is 0 Å². The van der Waals surface area contributed by atoms with E-state index >= 15 is 0 Å². The van der Waals surface area contributed by atoms with Gasteiger partial charge in [0.2, 0.25) is 0 Å². The van der Waals surface area contributed by atoms with Gasteiger partial charge >= 0.3 is 0 Å². The third kappa shape index (κ3) is 3.34. The highest BCUT2D eigenvalue weighted by Crippen LogP contribution is 2.46. The van der Waals surface area contributed by atoms with Gasteiger partial charge in [-0.25, -0.2) is 0 Å². The van der Waals surface area contributed by atoms with Gasteiger partial charge in [-0.2, -0.15) is 5.26 Å². The molecule has 2 aliphatic rings. The molecule has 1 saturated heterocycles. The summed E-state index contributed by atoms with van der Waals surface area (Å²) in [5.74, 6) is -0.149. The first-order valence-corrected chi connectivity index (χ1v) is 10.3. The van der Waals surface area contributed by atoms with Crippen LogP contribution < -0.4 is 10.2 Å². The number of piperidine rings is 1. The number of hydrogen-bond acceptors (Lipinski definition) is 3. The molecule has 1 fully saturated rings. The number of anilines is 1. The lowest BCUT2D eigenvalue weighted by Crippen LogP contribution is -2.47. The van der Waals surface area contributed by atoms with E-state index in [-0.39, 0.29) is 23.9 Å². The molecule has 0 aliphatic carbocycles. The molecule has 3 atom stereocenters. The smallest absolute Gasteiger partial charge is 0.253 e. The normalized spacial score (nSPS) is 23.1. The van der Waals surface area contributed by atoms with Crippen LogP contribution in [0.2, 0.25) is 0 Å². The molecule has 144 valence electrons. The van der Waals surface area contributed by atoms with E-state index in [1.807, 2.05) is 12.1 Å². The Morgan fingerprint density at radius 2 is 1.96 bits per heavy atom. The summed E-state index contributed by atoms with van der Waals surface area (Å²) in [6, 6.07) is 16.9. The van der Waals surface area contributed by atoms with Crippen LogP contribution in [0.15, 0.2) is 42.5 Å². The van der Waals surface area contributed by atoms with E-state index in [0.717, 1.165) is 19.4 Å². The number of nitrogens with one attached hydrogen (secondary N) is 1. The summed E-state index contributed by atoms with van der Waals surface area (Å²) in [6.07, 6.45) is 1.61. The average molecular weight is 414 g/mol. The van der Waals surface area contributed by atoms with Gasteiger partial charge in [0.25, 0.3) is 5.91 Å². The van der Waals surface area contributed by atoms with Crippen molar-refractivity contribution in [1.82, 2.24) is 5.32 Å². The van der Waals surface area contributed by atoms with Crippen molar-refractivity contribution in [2.45, 2.75) is 42.6 Å². The molecule has 1 amide bonds. The lowest BCUT2D eigenvalue weighted by Gasteiger charge is -2.41. The summed E-state index contributed by atoms with van der Waals surface area (Å²) in [7, 11) is 0. The molecule has 2 heterocycles. The summed E-state index contributed by atoms with van der Waals surface area (Å²) < 4.78 is 0. The highest BCUT2D eigenvalue weighted by Gasteiger charge is 2.37. The summed E-state index contributed by atoms with van der Waals surface area (Å²) in [5, 5.41) is 12.3. The highest BCUT2D eigenvalue weighted by molar-refractivity contribution is 6.53. The second-order valence-corrected chi connectivity index (χ2v) is 8.57. The van der Waals surface area contributed by atoms with Gasteiger partial charge in [-0.05, 0) is 47.7 Å². The molecule has 4 rings (SSSR count). The molecule has 2 aromatic carbocycles. The van der Waals surface area contributed by atoms with Gasteiger partial charge in [0, 0.05) is 24.2 Å². The zero-order valence-electron chi connectivity index (χ0n) is 15.5. The van der Waals surface area contributed by atoms with Crippen LogP contribution in [0.3, 0.4) is 0 Å². The molecule has 2 aliphatic heterocycles. The second-order valence-electron chi connectivity index (χ2n) is 7.48. The fraction of sp³-hybridized carbons (Fsp3) is 0.364. The average Bonchev–Trinajstić information content (AvgIpc) is 2.81. The van der Waals surface area contributed by atoms with E-state index < -0.39 is 4.84 Å². The van der Waals surface area contributed by atoms with Crippen molar-refractivity contribution >= 4 is 34.8 Å². The highest BCUT2D eigenvalue weighted by atomic mass is 35.5. The molecule has 0 unspecified atom stereocenters. The minimum absolute atomic E-state index is 0.0250. The Morgan fingerprint density at radius 3 is 2.68 bits per heavy atom. The van der Waals surface area contributed by atoms with Gasteiger partial charge < -0.3 is 10.2 Å². The third-order valence-corrected chi connectivity index (χ3v) is 6.30. The fourth-order valence-corrected chi connectivity index (χ4v) is 4.68. The minimum atomic E-state index is -1.05. The van der Waals surface area contributed by atoms with Crippen molar-refractivity contribution in [3.63, 3.8) is 0 Å². The lowest BCUT2D eigenvalue weighted by molar-refractivity contribution is -0.120. The van der Waals surface area contributed by atoms with Gasteiger partial charge in [-0.15, -0.1) is 0 Å². The number of amides is 1. The van der Waals surface area contributed by atoms with Crippen LogP contribution in [0.4, 0.5) is 5.69 Å². The lowest BCUT2D eigenvalue weighted by atomic mass is 9.86. The number of fused-ring (bicyclic) bond motifs is 5. The fourth-order valence-electron chi connectivity index (χ4n) is 4.55. The molecule has 0 spiro atoms.